The molecular formula is C13H19N. The fraction of sp³-hybridized carbons (Fsp3) is 0.538. The van der Waals surface area contributed by atoms with E-state index in [-0.39, 0.29) is 0 Å². The van der Waals surface area contributed by atoms with Crippen LogP contribution < -0.4 is 4.90 Å². The lowest BCUT2D eigenvalue weighted by Crippen LogP contribution is -2.45. The largest absolute Gasteiger partial charge is 0.371 e. The Morgan fingerprint density at radius 2 is 1.71 bits per heavy atom. The average molecular weight is 189 g/mol. The Morgan fingerprint density at radius 1 is 1.14 bits per heavy atom. The van der Waals surface area contributed by atoms with E-state index in [2.05, 4.69) is 49.9 Å². The minimum Gasteiger partial charge on any atom is -0.371 e. The number of hydrogen-bond donors (Lipinski definition) is 0. The molecule has 1 heteroatoms. The lowest BCUT2D eigenvalue weighted by Gasteiger charge is -2.39. The van der Waals surface area contributed by atoms with Gasteiger partial charge in [-0.15, -0.1) is 0 Å². The minimum atomic E-state index is 0.638. The minimum absolute atomic E-state index is 0.638. The molecule has 1 heterocycles. The van der Waals surface area contributed by atoms with Crippen LogP contribution in [0.25, 0.3) is 0 Å². The molecule has 1 aliphatic rings. The van der Waals surface area contributed by atoms with Crippen molar-refractivity contribution in [3.63, 3.8) is 0 Å². The van der Waals surface area contributed by atoms with Gasteiger partial charge in [-0.1, -0.05) is 32.9 Å². The number of anilines is 1. The van der Waals surface area contributed by atoms with Crippen molar-refractivity contribution in [3.8, 4) is 0 Å². The molecule has 0 bridgehead atoms. The zero-order valence-electron chi connectivity index (χ0n) is 9.33. The molecule has 0 unspecified atom stereocenters. The SMILES string of the molecule is CC1CN(c2ccc(C(C)C)cc2)C1. The topological polar surface area (TPSA) is 3.24 Å². The monoisotopic (exact) mass is 189 g/mol. The van der Waals surface area contributed by atoms with Gasteiger partial charge in [0.05, 0.1) is 0 Å². The number of rotatable bonds is 2. The van der Waals surface area contributed by atoms with Crippen molar-refractivity contribution in [1.82, 2.24) is 0 Å². The summed E-state index contributed by atoms with van der Waals surface area (Å²) in [6, 6.07) is 9.01. The summed E-state index contributed by atoms with van der Waals surface area (Å²) in [6.45, 7) is 9.22. The van der Waals surface area contributed by atoms with E-state index in [1.807, 2.05) is 0 Å². The summed E-state index contributed by atoms with van der Waals surface area (Å²) < 4.78 is 0. The van der Waals surface area contributed by atoms with Crippen molar-refractivity contribution in [2.24, 2.45) is 5.92 Å². The first-order valence-electron chi connectivity index (χ1n) is 5.51. The Morgan fingerprint density at radius 3 is 2.14 bits per heavy atom. The van der Waals surface area contributed by atoms with E-state index in [4.69, 9.17) is 0 Å². The molecular weight excluding hydrogens is 170 g/mol. The van der Waals surface area contributed by atoms with Gasteiger partial charge in [-0.3, -0.25) is 0 Å². The molecule has 0 N–H and O–H groups in total. The lowest BCUT2D eigenvalue weighted by atomic mass is 9.99. The highest BCUT2D eigenvalue weighted by molar-refractivity contribution is 5.50. The zero-order chi connectivity index (χ0) is 10.1. The van der Waals surface area contributed by atoms with Crippen LogP contribution in [-0.4, -0.2) is 13.1 Å². The molecule has 0 radical (unpaired) electrons. The second-order valence-electron chi connectivity index (χ2n) is 4.76. The second kappa shape index (κ2) is 3.64. The van der Waals surface area contributed by atoms with E-state index in [1.54, 1.807) is 0 Å². The Kier molecular flexibility index (Phi) is 2.49. The first kappa shape index (κ1) is 9.57. The van der Waals surface area contributed by atoms with E-state index in [0.717, 1.165) is 5.92 Å². The van der Waals surface area contributed by atoms with Crippen LogP contribution in [0.2, 0.25) is 0 Å². The predicted octanol–water partition coefficient (Wildman–Crippen LogP) is 3.27. The summed E-state index contributed by atoms with van der Waals surface area (Å²) in [5, 5.41) is 0. The summed E-state index contributed by atoms with van der Waals surface area (Å²) in [7, 11) is 0. The molecule has 0 aliphatic carbocycles. The summed E-state index contributed by atoms with van der Waals surface area (Å²) in [6.07, 6.45) is 0. The molecule has 0 amide bonds. The lowest BCUT2D eigenvalue weighted by molar-refractivity contribution is 0.447. The first-order valence-corrected chi connectivity index (χ1v) is 5.51. The maximum absolute atomic E-state index is 2.44. The molecule has 2 rings (SSSR count). The van der Waals surface area contributed by atoms with Crippen molar-refractivity contribution in [3.05, 3.63) is 29.8 Å². The highest BCUT2D eigenvalue weighted by Gasteiger charge is 2.22. The Hall–Kier alpha value is -0.980. The van der Waals surface area contributed by atoms with Gasteiger partial charge in [-0.05, 0) is 29.5 Å². The van der Waals surface area contributed by atoms with Crippen LogP contribution in [0.5, 0.6) is 0 Å². The van der Waals surface area contributed by atoms with Crippen LogP contribution in [0.3, 0.4) is 0 Å². The Labute approximate surface area is 86.7 Å². The van der Waals surface area contributed by atoms with E-state index < -0.39 is 0 Å². The van der Waals surface area contributed by atoms with Crippen LogP contribution in [-0.2, 0) is 0 Å². The molecule has 0 saturated carbocycles. The van der Waals surface area contributed by atoms with E-state index in [0.29, 0.717) is 5.92 Å². The van der Waals surface area contributed by atoms with Gasteiger partial charge in [0.15, 0.2) is 0 Å². The molecule has 1 aromatic rings. The van der Waals surface area contributed by atoms with Gasteiger partial charge in [0.2, 0.25) is 0 Å². The van der Waals surface area contributed by atoms with E-state index >= 15 is 0 Å². The van der Waals surface area contributed by atoms with Crippen molar-refractivity contribution in [1.29, 1.82) is 0 Å². The molecule has 0 atom stereocenters. The second-order valence-corrected chi connectivity index (χ2v) is 4.76. The smallest absolute Gasteiger partial charge is 0.0366 e. The number of nitrogens with zero attached hydrogens (tertiary/aromatic N) is 1. The number of hydrogen-bond acceptors (Lipinski definition) is 1. The molecule has 1 aliphatic heterocycles. The maximum Gasteiger partial charge on any atom is 0.0366 e. The Bertz CT molecular complexity index is 294. The van der Waals surface area contributed by atoms with Crippen molar-refractivity contribution >= 4 is 5.69 Å². The third-order valence-corrected chi connectivity index (χ3v) is 2.99. The third-order valence-electron chi connectivity index (χ3n) is 2.99. The van der Waals surface area contributed by atoms with Crippen LogP contribution in [0.15, 0.2) is 24.3 Å². The first-order chi connectivity index (χ1) is 6.66. The quantitative estimate of drug-likeness (QED) is 0.690. The fourth-order valence-corrected chi connectivity index (χ4v) is 1.98. The normalized spacial score (nSPS) is 17.3. The fourth-order valence-electron chi connectivity index (χ4n) is 1.98. The summed E-state index contributed by atoms with van der Waals surface area (Å²) in [5.74, 6) is 1.51. The summed E-state index contributed by atoms with van der Waals surface area (Å²) >= 11 is 0. The van der Waals surface area contributed by atoms with Gasteiger partial charge < -0.3 is 4.90 Å². The van der Waals surface area contributed by atoms with Gasteiger partial charge >= 0.3 is 0 Å². The molecule has 0 aromatic heterocycles. The predicted molar refractivity (Wildman–Crippen MR) is 61.9 cm³/mol. The van der Waals surface area contributed by atoms with Gasteiger partial charge in [-0.2, -0.15) is 0 Å². The van der Waals surface area contributed by atoms with Crippen LogP contribution in [0.1, 0.15) is 32.3 Å². The number of benzene rings is 1. The Balaban J connectivity index is 2.07. The molecule has 1 nitrogen and oxygen atoms in total. The maximum atomic E-state index is 2.44. The molecule has 1 aromatic carbocycles. The molecule has 0 spiro atoms. The van der Waals surface area contributed by atoms with Crippen LogP contribution in [0, 0.1) is 5.92 Å². The summed E-state index contributed by atoms with van der Waals surface area (Å²) in [5.41, 5.74) is 2.81. The molecule has 76 valence electrons. The van der Waals surface area contributed by atoms with Gasteiger partial charge in [0.25, 0.3) is 0 Å². The highest BCUT2D eigenvalue weighted by Crippen LogP contribution is 2.25. The molecule has 14 heavy (non-hydrogen) atoms. The van der Waals surface area contributed by atoms with Crippen molar-refractivity contribution < 1.29 is 0 Å². The van der Waals surface area contributed by atoms with Gasteiger partial charge in [0.1, 0.15) is 0 Å². The van der Waals surface area contributed by atoms with Crippen molar-refractivity contribution in [2.45, 2.75) is 26.7 Å². The van der Waals surface area contributed by atoms with Crippen LogP contribution >= 0.6 is 0 Å². The summed E-state index contributed by atoms with van der Waals surface area (Å²) in [4.78, 5) is 2.44. The van der Waals surface area contributed by atoms with Crippen molar-refractivity contribution in [2.75, 3.05) is 18.0 Å². The van der Waals surface area contributed by atoms with E-state index in [9.17, 15) is 0 Å². The third kappa shape index (κ3) is 1.77. The zero-order valence-corrected chi connectivity index (χ0v) is 9.33. The standard InChI is InChI=1S/C13H19N/c1-10(2)12-4-6-13(7-5-12)14-8-11(3)9-14/h4-7,10-11H,8-9H2,1-3H3. The van der Waals surface area contributed by atoms with Gasteiger partial charge in [-0.25, -0.2) is 0 Å². The average Bonchev–Trinajstić information content (AvgIpc) is 2.13. The van der Waals surface area contributed by atoms with Gasteiger partial charge in [0, 0.05) is 18.8 Å². The molecule has 1 saturated heterocycles. The van der Waals surface area contributed by atoms with Crippen LogP contribution in [0.4, 0.5) is 5.69 Å². The highest BCUT2D eigenvalue weighted by atomic mass is 15.2. The van der Waals surface area contributed by atoms with E-state index in [1.165, 1.54) is 24.3 Å². The molecule has 1 fully saturated rings.